The standard InChI is InChI=1S/C13H22N2S/c1-4-8-15(9-5-2)11-13-7-6-12(16-13)10-14-3/h4,6-7,14H,1,5,8-11H2,2-3H3. The van der Waals surface area contributed by atoms with Crippen LogP contribution in [0.2, 0.25) is 0 Å². The molecule has 0 saturated carbocycles. The van der Waals surface area contributed by atoms with Gasteiger partial charge in [-0.05, 0) is 32.1 Å². The number of nitrogens with zero attached hydrogens (tertiary/aromatic N) is 1. The van der Waals surface area contributed by atoms with E-state index in [4.69, 9.17) is 0 Å². The van der Waals surface area contributed by atoms with Crippen LogP contribution in [0.5, 0.6) is 0 Å². The molecule has 0 amide bonds. The summed E-state index contributed by atoms with van der Waals surface area (Å²) in [6.07, 6.45) is 3.18. The summed E-state index contributed by atoms with van der Waals surface area (Å²) >= 11 is 1.90. The number of nitrogens with one attached hydrogen (secondary N) is 1. The van der Waals surface area contributed by atoms with Crippen LogP contribution in [0.15, 0.2) is 24.8 Å². The molecule has 2 nitrogen and oxygen atoms in total. The predicted molar refractivity (Wildman–Crippen MR) is 72.8 cm³/mol. The highest BCUT2D eigenvalue weighted by atomic mass is 32.1. The summed E-state index contributed by atoms with van der Waals surface area (Å²) in [5.74, 6) is 0. The first-order valence-electron chi connectivity index (χ1n) is 5.85. The van der Waals surface area contributed by atoms with Gasteiger partial charge in [0.05, 0.1) is 0 Å². The molecular weight excluding hydrogens is 216 g/mol. The lowest BCUT2D eigenvalue weighted by Crippen LogP contribution is -2.23. The molecule has 0 radical (unpaired) electrons. The summed E-state index contributed by atoms with van der Waals surface area (Å²) in [6, 6.07) is 4.46. The zero-order valence-electron chi connectivity index (χ0n) is 10.3. The highest BCUT2D eigenvalue weighted by Crippen LogP contribution is 2.18. The van der Waals surface area contributed by atoms with Crippen LogP contribution in [-0.4, -0.2) is 25.0 Å². The van der Waals surface area contributed by atoms with Gasteiger partial charge in [0.25, 0.3) is 0 Å². The molecule has 0 fully saturated rings. The molecule has 90 valence electrons. The maximum absolute atomic E-state index is 3.81. The molecule has 1 heterocycles. The van der Waals surface area contributed by atoms with Crippen LogP contribution in [0.4, 0.5) is 0 Å². The third-order valence-corrected chi connectivity index (χ3v) is 3.44. The Labute approximate surface area is 103 Å². The van der Waals surface area contributed by atoms with Crippen molar-refractivity contribution in [3.63, 3.8) is 0 Å². The van der Waals surface area contributed by atoms with Crippen molar-refractivity contribution < 1.29 is 0 Å². The minimum atomic E-state index is 0.972. The van der Waals surface area contributed by atoms with E-state index in [1.165, 1.54) is 16.2 Å². The minimum Gasteiger partial charge on any atom is -0.315 e. The van der Waals surface area contributed by atoms with Crippen LogP contribution in [0.1, 0.15) is 23.1 Å². The molecule has 0 aromatic carbocycles. The van der Waals surface area contributed by atoms with Gasteiger partial charge in [0, 0.05) is 29.4 Å². The molecule has 16 heavy (non-hydrogen) atoms. The van der Waals surface area contributed by atoms with E-state index in [-0.39, 0.29) is 0 Å². The molecule has 1 aromatic heterocycles. The Morgan fingerprint density at radius 1 is 1.44 bits per heavy atom. The van der Waals surface area contributed by atoms with Crippen LogP contribution >= 0.6 is 11.3 Å². The quantitative estimate of drug-likeness (QED) is 0.701. The Bertz CT molecular complexity index is 307. The first kappa shape index (κ1) is 13.4. The smallest absolute Gasteiger partial charge is 0.0331 e. The number of hydrogen-bond acceptors (Lipinski definition) is 3. The van der Waals surface area contributed by atoms with Crippen LogP contribution in [-0.2, 0) is 13.1 Å². The van der Waals surface area contributed by atoms with Crippen molar-refractivity contribution in [3.05, 3.63) is 34.5 Å². The fraction of sp³-hybridized carbons (Fsp3) is 0.538. The van der Waals surface area contributed by atoms with Crippen molar-refractivity contribution >= 4 is 11.3 Å². The lowest BCUT2D eigenvalue weighted by molar-refractivity contribution is 0.298. The molecule has 0 aliphatic rings. The predicted octanol–water partition coefficient (Wildman–Crippen LogP) is 2.87. The molecule has 1 aromatic rings. The molecule has 0 spiro atoms. The molecule has 3 heteroatoms. The van der Waals surface area contributed by atoms with Gasteiger partial charge in [-0.3, -0.25) is 4.90 Å². The second kappa shape index (κ2) is 7.60. The third kappa shape index (κ3) is 4.47. The zero-order valence-corrected chi connectivity index (χ0v) is 11.1. The molecule has 0 bridgehead atoms. The van der Waals surface area contributed by atoms with Crippen molar-refractivity contribution in [2.75, 3.05) is 20.1 Å². The van der Waals surface area contributed by atoms with Gasteiger partial charge in [0.2, 0.25) is 0 Å². The molecule has 1 rings (SSSR count). The molecule has 0 saturated heterocycles. The number of thiophene rings is 1. The Hall–Kier alpha value is -0.640. The van der Waals surface area contributed by atoms with Crippen LogP contribution < -0.4 is 5.32 Å². The topological polar surface area (TPSA) is 15.3 Å². The van der Waals surface area contributed by atoms with E-state index in [9.17, 15) is 0 Å². The van der Waals surface area contributed by atoms with Gasteiger partial charge >= 0.3 is 0 Å². The summed E-state index contributed by atoms with van der Waals surface area (Å²) < 4.78 is 0. The fourth-order valence-corrected chi connectivity index (χ4v) is 2.80. The van der Waals surface area contributed by atoms with E-state index in [0.717, 1.165) is 26.2 Å². The molecule has 0 aliphatic carbocycles. The van der Waals surface area contributed by atoms with Gasteiger partial charge in [0.15, 0.2) is 0 Å². The van der Waals surface area contributed by atoms with Crippen LogP contribution in [0, 0.1) is 0 Å². The summed E-state index contributed by atoms with van der Waals surface area (Å²) in [7, 11) is 1.99. The van der Waals surface area contributed by atoms with Crippen LogP contribution in [0.3, 0.4) is 0 Å². The Balaban J connectivity index is 2.51. The molecule has 0 aliphatic heterocycles. The zero-order chi connectivity index (χ0) is 11.8. The Morgan fingerprint density at radius 3 is 2.81 bits per heavy atom. The Kier molecular flexibility index (Phi) is 6.38. The molecular formula is C13H22N2S. The number of rotatable bonds is 8. The van der Waals surface area contributed by atoms with Crippen molar-refractivity contribution in [1.29, 1.82) is 0 Å². The van der Waals surface area contributed by atoms with E-state index in [0.29, 0.717) is 0 Å². The third-order valence-electron chi connectivity index (χ3n) is 2.37. The van der Waals surface area contributed by atoms with Crippen LogP contribution in [0.25, 0.3) is 0 Å². The minimum absolute atomic E-state index is 0.972. The van der Waals surface area contributed by atoms with E-state index in [1.807, 2.05) is 24.5 Å². The maximum atomic E-state index is 3.81. The number of hydrogen-bond donors (Lipinski definition) is 1. The van der Waals surface area contributed by atoms with Gasteiger partial charge in [0.1, 0.15) is 0 Å². The summed E-state index contributed by atoms with van der Waals surface area (Å²) in [4.78, 5) is 5.29. The van der Waals surface area contributed by atoms with Crippen molar-refractivity contribution in [2.45, 2.75) is 26.4 Å². The van der Waals surface area contributed by atoms with E-state index in [1.54, 1.807) is 0 Å². The SMILES string of the molecule is C=CCN(CCC)Cc1ccc(CNC)s1. The summed E-state index contributed by atoms with van der Waals surface area (Å²) in [5, 5.41) is 3.18. The monoisotopic (exact) mass is 238 g/mol. The average Bonchev–Trinajstić information content (AvgIpc) is 2.67. The van der Waals surface area contributed by atoms with Crippen molar-refractivity contribution in [3.8, 4) is 0 Å². The molecule has 0 unspecified atom stereocenters. The normalized spacial score (nSPS) is 10.9. The van der Waals surface area contributed by atoms with Gasteiger partial charge in [-0.2, -0.15) is 0 Å². The molecule has 0 atom stereocenters. The van der Waals surface area contributed by atoms with E-state index in [2.05, 4.69) is 35.9 Å². The Morgan fingerprint density at radius 2 is 2.19 bits per heavy atom. The highest BCUT2D eigenvalue weighted by molar-refractivity contribution is 7.11. The average molecular weight is 238 g/mol. The second-order valence-corrected chi connectivity index (χ2v) is 5.18. The van der Waals surface area contributed by atoms with Gasteiger partial charge < -0.3 is 5.32 Å². The first-order valence-corrected chi connectivity index (χ1v) is 6.67. The van der Waals surface area contributed by atoms with Crippen molar-refractivity contribution in [1.82, 2.24) is 10.2 Å². The van der Waals surface area contributed by atoms with Gasteiger partial charge in [-0.25, -0.2) is 0 Å². The lowest BCUT2D eigenvalue weighted by Gasteiger charge is -2.18. The lowest BCUT2D eigenvalue weighted by atomic mass is 10.3. The summed E-state index contributed by atoms with van der Waals surface area (Å²) in [6.45, 7) is 10.2. The second-order valence-electron chi connectivity index (χ2n) is 3.92. The van der Waals surface area contributed by atoms with Gasteiger partial charge in [-0.15, -0.1) is 17.9 Å². The van der Waals surface area contributed by atoms with Gasteiger partial charge in [-0.1, -0.05) is 13.0 Å². The first-order chi connectivity index (χ1) is 7.80. The fourth-order valence-electron chi connectivity index (χ4n) is 1.73. The maximum Gasteiger partial charge on any atom is 0.0331 e. The van der Waals surface area contributed by atoms with Crippen molar-refractivity contribution in [2.24, 2.45) is 0 Å². The van der Waals surface area contributed by atoms with E-state index >= 15 is 0 Å². The molecule has 1 N–H and O–H groups in total. The largest absolute Gasteiger partial charge is 0.315 e. The summed E-state index contributed by atoms with van der Waals surface area (Å²) in [5.41, 5.74) is 0. The van der Waals surface area contributed by atoms with E-state index < -0.39 is 0 Å². The highest BCUT2D eigenvalue weighted by Gasteiger charge is 2.05.